The van der Waals surface area contributed by atoms with Crippen LogP contribution < -0.4 is 0 Å². The number of fused-ring (bicyclic) bond motifs is 1. The van der Waals surface area contributed by atoms with Crippen molar-refractivity contribution in [2.24, 2.45) is 0 Å². The number of nitrogens with zero attached hydrogens (tertiary/aromatic N) is 1. The Kier molecular flexibility index (Phi) is 2.77. The number of H-pyrrole nitrogens is 1. The highest BCUT2D eigenvalue weighted by Crippen LogP contribution is 2.27. The minimum absolute atomic E-state index is 0.350. The second kappa shape index (κ2) is 4.31. The maximum Gasteiger partial charge on any atom is 0.138 e. The van der Waals surface area contributed by atoms with E-state index >= 15 is 0 Å². The Morgan fingerprint density at radius 1 is 1.17 bits per heavy atom. The van der Waals surface area contributed by atoms with Gasteiger partial charge in [0.25, 0.3) is 0 Å². The molecule has 0 fully saturated rings. The summed E-state index contributed by atoms with van der Waals surface area (Å²) < 4.78 is 27.6. The third kappa shape index (κ3) is 1.88. The lowest BCUT2D eigenvalue weighted by Gasteiger charge is -2.03. The third-order valence-electron chi connectivity index (χ3n) is 2.72. The van der Waals surface area contributed by atoms with E-state index in [0.717, 1.165) is 20.7 Å². The fraction of sp³-hybridized carbons (Fsp3) is 0. The lowest BCUT2D eigenvalue weighted by Crippen LogP contribution is -1.88. The number of aromatic amines is 1. The second-order valence-corrected chi connectivity index (χ2v) is 5.04. The Morgan fingerprint density at radius 3 is 2.78 bits per heavy atom. The number of hydrogen-bond acceptors (Lipinski definition) is 1. The number of pyridine rings is 1. The van der Waals surface area contributed by atoms with E-state index in [1.54, 1.807) is 6.20 Å². The van der Waals surface area contributed by atoms with E-state index in [2.05, 4.69) is 32.6 Å². The van der Waals surface area contributed by atoms with E-state index in [4.69, 9.17) is 0 Å². The fourth-order valence-corrected chi connectivity index (χ4v) is 2.41. The number of rotatable bonds is 1. The summed E-state index contributed by atoms with van der Waals surface area (Å²) in [6, 6.07) is 5.39. The molecule has 5 heteroatoms. The summed E-state index contributed by atoms with van der Waals surface area (Å²) in [5.74, 6) is -1.16. The molecule has 0 radical (unpaired) electrons. The normalized spacial score (nSPS) is 11.1. The minimum atomic E-state index is -0.582. The first kappa shape index (κ1) is 11.6. The Hall–Kier alpha value is -1.50. The highest BCUT2D eigenvalue weighted by molar-refractivity contribution is 14.1. The molecule has 2 nitrogen and oxygen atoms in total. The highest BCUT2D eigenvalue weighted by atomic mass is 127. The van der Waals surface area contributed by atoms with Crippen LogP contribution in [0.3, 0.4) is 0 Å². The molecule has 1 N–H and O–H groups in total. The number of aromatic nitrogens is 2. The van der Waals surface area contributed by atoms with Crippen molar-refractivity contribution in [3.63, 3.8) is 0 Å². The van der Waals surface area contributed by atoms with Crippen LogP contribution in [0.4, 0.5) is 8.78 Å². The Morgan fingerprint density at radius 2 is 2.00 bits per heavy atom. The van der Waals surface area contributed by atoms with Crippen LogP contribution in [0.25, 0.3) is 22.2 Å². The summed E-state index contributed by atoms with van der Waals surface area (Å²) in [5, 5.41) is 0.928. The first-order chi connectivity index (χ1) is 8.65. The molecule has 0 aliphatic carbocycles. The molecule has 0 amide bonds. The summed E-state index contributed by atoms with van der Waals surface area (Å²) in [4.78, 5) is 7.24. The van der Waals surface area contributed by atoms with E-state index in [1.807, 2.05) is 12.3 Å². The number of halogens is 3. The Labute approximate surface area is 115 Å². The van der Waals surface area contributed by atoms with Gasteiger partial charge in [-0.3, -0.25) is 0 Å². The van der Waals surface area contributed by atoms with E-state index in [9.17, 15) is 8.78 Å². The summed E-state index contributed by atoms with van der Waals surface area (Å²) >= 11 is 2.18. The first-order valence-corrected chi connectivity index (χ1v) is 6.31. The smallest absolute Gasteiger partial charge is 0.138 e. The highest BCUT2D eigenvalue weighted by Gasteiger charge is 2.09. The average molecular weight is 356 g/mol. The molecule has 0 spiro atoms. The van der Waals surface area contributed by atoms with Gasteiger partial charge in [0.2, 0.25) is 0 Å². The van der Waals surface area contributed by atoms with Crippen LogP contribution in [0.5, 0.6) is 0 Å². The molecule has 18 heavy (non-hydrogen) atoms. The second-order valence-electron chi connectivity index (χ2n) is 3.88. The Bertz CT molecular complexity index is 737. The first-order valence-electron chi connectivity index (χ1n) is 5.23. The van der Waals surface area contributed by atoms with Crippen LogP contribution in [-0.2, 0) is 0 Å². The maximum absolute atomic E-state index is 13.7. The van der Waals surface area contributed by atoms with Crippen LogP contribution in [0.2, 0.25) is 0 Å². The Balaban J connectivity index is 2.21. The standard InChI is InChI=1S/C13H7F2IN2/c14-8-1-2-9(11(15)4-8)7-3-10-12(16)6-18-13(10)17-5-7/h1-6H,(H,17,18). The van der Waals surface area contributed by atoms with Crippen LogP contribution in [0, 0.1) is 15.2 Å². The van der Waals surface area contributed by atoms with E-state index in [0.29, 0.717) is 11.1 Å². The zero-order chi connectivity index (χ0) is 12.7. The monoisotopic (exact) mass is 356 g/mol. The van der Waals surface area contributed by atoms with Gasteiger partial charge in [0.05, 0.1) is 0 Å². The predicted octanol–water partition coefficient (Wildman–Crippen LogP) is 4.11. The van der Waals surface area contributed by atoms with Crippen molar-refractivity contribution in [3.05, 3.63) is 51.9 Å². The van der Waals surface area contributed by atoms with Crippen LogP contribution in [0.15, 0.2) is 36.7 Å². The minimum Gasteiger partial charge on any atom is -0.345 e. The van der Waals surface area contributed by atoms with Crippen molar-refractivity contribution < 1.29 is 8.78 Å². The van der Waals surface area contributed by atoms with Crippen LogP contribution >= 0.6 is 22.6 Å². The number of hydrogen-bond donors (Lipinski definition) is 1. The lowest BCUT2D eigenvalue weighted by molar-refractivity contribution is 0.585. The van der Waals surface area contributed by atoms with Gasteiger partial charge in [0, 0.05) is 38.5 Å². The molecule has 0 atom stereocenters. The van der Waals surface area contributed by atoms with Gasteiger partial charge in [-0.2, -0.15) is 0 Å². The van der Waals surface area contributed by atoms with Crippen LogP contribution in [0.1, 0.15) is 0 Å². The fourth-order valence-electron chi connectivity index (χ4n) is 1.84. The topological polar surface area (TPSA) is 28.7 Å². The van der Waals surface area contributed by atoms with Crippen molar-refractivity contribution >= 4 is 33.6 Å². The third-order valence-corrected chi connectivity index (χ3v) is 3.62. The molecule has 2 heterocycles. The van der Waals surface area contributed by atoms with Crippen molar-refractivity contribution in [2.45, 2.75) is 0 Å². The molecule has 3 rings (SSSR count). The van der Waals surface area contributed by atoms with Gasteiger partial charge in [0.15, 0.2) is 0 Å². The summed E-state index contributed by atoms with van der Waals surface area (Å²) in [7, 11) is 0. The van der Waals surface area contributed by atoms with Gasteiger partial charge in [-0.25, -0.2) is 13.8 Å². The van der Waals surface area contributed by atoms with Gasteiger partial charge in [-0.1, -0.05) is 0 Å². The molecule has 0 saturated heterocycles. The van der Waals surface area contributed by atoms with Gasteiger partial charge < -0.3 is 4.98 Å². The molecule has 0 aliphatic rings. The van der Waals surface area contributed by atoms with Crippen molar-refractivity contribution in [1.29, 1.82) is 0 Å². The number of benzene rings is 1. The van der Waals surface area contributed by atoms with Gasteiger partial charge in [0.1, 0.15) is 17.3 Å². The summed E-state index contributed by atoms with van der Waals surface area (Å²) in [6.45, 7) is 0. The van der Waals surface area contributed by atoms with Crippen molar-refractivity contribution in [1.82, 2.24) is 9.97 Å². The molecular formula is C13H7F2IN2. The number of nitrogens with one attached hydrogen (secondary N) is 1. The molecule has 1 aromatic carbocycles. The molecule has 90 valence electrons. The van der Waals surface area contributed by atoms with E-state index < -0.39 is 11.6 Å². The SMILES string of the molecule is Fc1ccc(-c2cnc3[nH]cc(I)c3c2)c(F)c1. The largest absolute Gasteiger partial charge is 0.345 e. The zero-order valence-electron chi connectivity index (χ0n) is 9.05. The zero-order valence-corrected chi connectivity index (χ0v) is 11.2. The van der Waals surface area contributed by atoms with Crippen LogP contribution in [-0.4, -0.2) is 9.97 Å². The quantitative estimate of drug-likeness (QED) is 0.653. The molecule has 0 bridgehead atoms. The van der Waals surface area contributed by atoms with Gasteiger partial charge in [-0.15, -0.1) is 0 Å². The predicted molar refractivity (Wildman–Crippen MR) is 74.2 cm³/mol. The lowest BCUT2D eigenvalue weighted by atomic mass is 10.1. The molecule has 0 unspecified atom stereocenters. The average Bonchev–Trinajstić information content (AvgIpc) is 2.71. The van der Waals surface area contributed by atoms with Crippen molar-refractivity contribution in [2.75, 3.05) is 0 Å². The molecule has 2 aromatic heterocycles. The molecule has 0 saturated carbocycles. The molecule has 0 aliphatic heterocycles. The van der Waals surface area contributed by atoms with Crippen molar-refractivity contribution in [3.8, 4) is 11.1 Å². The molecular weight excluding hydrogens is 349 g/mol. The van der Waals surface area contributed by atoms with E-state index in [-0.39, 0.29) is 0 Å². The van der Waals surface area contributed by atoms with Gasteiger partial charge >= 0.3 is 0 Å². The maximum atomic E-state index is 13.7. The summed E-state index contributed by atoms with van der Waals surface area (Å²) in [5.41, 5.74) is 1.74. The van der Waals surface area contributed by atoms with Gasteiger partial charge in [-0.05, 0) is 40.8 Å². The van der Waals surface area contributed by atoms with E-state index in [1.165, 1.54) is 12.1 Å². The summed E-state index contributed by atoms with van der Waals surface area (Å²) in [6.07, 6.45) is 3.41. The molecule has 3 aromatic rings.